The first-order chi connectivity index (χ1) is 9.10. The summed E-state index contributed by atoms with van der Waals surface area (Å²) in [5.74, 6) is 4.19. The van der Waals surface area contributed by atoms with Gasteiger partial charge in [0, 0.05) is 24.5 Å². The third-order valence-electron chi connectivity index (χ3n) is 2.26. The lowest BCUT2D eigenvalue weighted by atomic mass is 10.3. The van der Waals surface area contributed by atoms with E-state index in [1.165, 1.54) is 0 Å². The van der Waals surface area contributed by atoms with Crippen molar-refractivity contribution in [1.29, 1.82) is 0 Å². The number of nitrogens with one attached hydrogen (secondary N) is 2. The van der Waals surface area contributed by atoms with Gasteiger partial charge in [-0.1, -0.05) is 12.8 Å². The van der Waals surface area contributed by atoms with E-state index >= 15 is 0 Å². The number of hydrogen-bond acceptors (Lipinski definition) is 4. The van der Waals surface area contributed by atoms with Gasteiger partial charge in [-0.3, -0.25) is 0 Å². The van der Waals surface area contributed by atoms with Gasteiger partial charge in [0.05, 0.1) is 10.6 Å². The smallest absolute Gasteiger partial charge is 0.240 e. The maximum atomic E-state index is 11.7. The molecule has 0 saturated carbocycles. The van der Waals surface area contributed by atoms with Crippen molar-refractivity contribution >= 4 is 27.5 Å². The van der Waals surface area contributed by atoms with E-state index in [-0.39, 0.29) is 4.90 Å². The molecule has 1 aromatic rings. The molecule has 1 rings (SSSR count). The Bertz CT molecular complexity index is 519. The van der Waals surface area contributed by atoms with Crippen molar-refractivity contribution in [3.63, 3.8) is 0 Å². The highest BCUT2D eigenvalue weighted by Gasteiger charge is 2.11. The van der Waals surface area contributed by atoms with Crippen LogP contribution in [-0.4, -0.2) is 33.0 Å². The molecule has 6 heteroatoms. The van der Waals surface area contributed by atoms with Crippen LogP contribution in [0.1, 0.15) is 6.92 Å². The minimum atomic E-state index is -3.36. The molecule has 0 aliphatic heterocycles. The van der Waals surface area contributed by atoms with E-state index in [4.69, 9.17) is 6.42 Å². The molecule has 0 saturated heterocycles. The molecule has 1 aromatic carbocycles. The lowest BCUT2D eigenvalue weighted by Crippen LogP contribution is -2.23. The van der Waals surface area contributed by atoms with Gasteiger partial charge in [0.2, 0.25) is 10.0 Å². The zero-order valence-electron chi connectivity index (χ0n) is 10.8. The molecule has 2 N–H and O–H groups in total. The van der Waals surface area contributed by atoms with Crippen LogP contribution in [0.2, 0.25) is 0 Å². The molecular formula is C13H18N2O2S2. The first-order valence-corrected chi connectivity index (χ1v) is 8.58. The first-order valence-electron chi connectivity index (χ1n) is 5.95. The van der Waals surface area contributed by atoms with Gasteiger partial charge in [-0.2, -0.15) is 0 Å². The second-order valence-corrected chi connectivity index (χ2v) is 6.58. The SMILES string of the molecule is C#CCSCCNc1ccc(S(=O)(=O)NCC)cc1. The molecular weight excluding hydrogens is 280 g/mol. The molecule has 0 spiro atoms. The van der Waals surface area contributed by atoms with E-state index in [1.807, 2.05) is 0 Å². The van der Waals surface area contributed by atoms with Crippen molar-refractivity contribution < 1.29 is 8.42 Å². The average molecular weight is 298 g/mol. The molecule has 0 aliphatic rings. The molecule has 0 radical (unpaired) electrons. The maximum Gasteiger partial charge on any atom is 0.240 e. The fourth-order valence-corrected chi connectivity index (χ4v) is 2.97. The van der Waals surface area contributed by atoms with Crippen LogP contribution < -0.4 is 10.0 Å². The lowest BCUT2D eigenvalue weighted by Gasteiger charge is -2.08. The predicted octanol–water partition coefficient (Wildman–Crippen LogP) is 1.76. The van der Waals surface area contributed by atoms with E-state index < -0.39 is 10.0 Å². The Hall–Kier alpha value is -1.16. The zero-order chi connectivity index (χ0) is 14.1. The van der Waals surface area contributed by atoms with Crippen LogP contribution in [-0.2, 0) is 10.0 Å². The van der Waals surface area contributed by atoms with Crippen LogP contribution >= 0.6 is 11.8 Å². The van der Waals surface area contributed by atoms with Gasteiger partial charge in [-0.05, 0) is 24.3 Å². The second kappa shape index (κ2) is 8.10. The van der Waals surface area contributed by atoms with Crippen molar-refractivity contribution in [1.82, 2.24) is 4.72 Å². The molecule has 0 aromatic heterocycles. The van der Waals surface area contributed by atoms with Crippen LogP contribution in [0.4, 0.5) is 5.69 Å². The summed E-state index contributed by atoms with van der Waals surface area (Å²) in [6, 6.07) is 6.70. The van der Waals surface area contributed by atoms with Crippen molar-refractivity contribution in [3.8, 4) is 12.3 Å². The molecule has 19 heavy (non-hydrogen) atoms. The standard InChI is InChI=1S/C13H18N2O2S2/c1-3-10-18-11-9-14-12-5-7-13(8-6-12)19(16,17)15-4-2/h1,5-8,14-15H,4,9-11H2,2H3. The number of rotatable bonds is 8. The third-order valence-corrected chi connectivity index (χ3v) is 4.68. The highest BCUT2D eigenvalue weighted by molar-refractivity contribution is 7.99. The van der Waals surface area contributed by atoms with E-state index in [9.17, 15) is 8.42 Å². The summed E-state index contributed by atoms with van der Waals surface area (Å²) in [4.78, 5) is 0.279. The topological polar surface area (TPSA) is 58.2 Å². The van der Waals surface area contributed by atoms with Crippen LogP contribution in [0.5, 0.6) is 0 Å². The Kier molecular flexibility index (Phi) is 6.78. The number of terminal acetylenes is 1. The number of benzene rings is 1. The van der Waals surface area contributed by atoms with Gasteiger partial charge in [-0.15, -0.1) is 18.2 Å². The number of hydrogen-bond donors (Lipinski definition) is 2. The normalized spacial score (nSPS) is 10.9. The number of sulfonamides is 1. The van der Waals surface area contributed by atoms with Crippen molar-refractivity contribution in [2.45, 2.75) is 11.8 Å². The van der Waals surface area contributed by atoms with Gasteiger partial charge in [0.15, 0.2) is 0 Å². The largest absolute Gasteiger partial charge is 0.384 e. The van der Waals surface area contributed by atoms with Crippen LogP contribution in [0.25, 0.3) is 0 Å². The minimum Gasteiger partial charge on any atom is -0.384 e. The van der Waals surface area contributed by atoms with E-state index in [2.05, 4.69) is 16.0 Å². The monoisotopic (exact) mass is 298 g/mol. The molecule has 0 fully saturated rings. The molecule has 104 valence electrons. The summed E-state index contributed by atoms with van der Waals surface area (Å²) >= 11 is 1.68. The number of thioether (sulfide) groups is 1. The van der Waals surface area contributed by atoms with Crippen LogP contribution in [0.3, 0.4) is 0 Å². The Labute approximate surface area is 119 Å². The Morgan fingerprint density at radius 2 is 2.00 bits per heavy atom. The van der Waals surface area contributed by atoms with Crippen LogP contribution in [0.15, 0.2) is 29.2 Å². The average Bonchev–Trinajstić information content (AvgIpc) is 2.39. The summed E-state index contributed by atoms with van der Waals surface area (Å²) in [5, 5.41) is 3.21. The number of anilines is 1. The molecule has 4 nitrogen and oxygen atoms in total. The van der Waals surface area contributed by atoms with Gasteiger partial charge >= 0.3 is 0 Å². The highest BCUT2D eigenvalue weighted by atomic mass is 32.2. The quantitative estimate of drug-likeness (QED) is 0.567. The van der Waals surface area contributed by atoms with Crippen molar-refractivity contribution in [2.75, 3.05) is 29.9 Å². The van der Waals surface area contributed by atoms with Gasteiger partial charge in [0.25, 0.3) is 0 Å². The molecule has 0 heterocycles. The van der Waals surface area contributed by atoms with E-state index in [1.54, 1.807) is 43.0 Å². The maximum absolute atomic E-state index is 11.7. The summed E-state index contributed by atoms with van der Waals surface area (Å²) in [6.07, 6.45) is 5.15. The van der Waals surface area contributed by atoms with Gasteiger partial charge in [0.1, 0.15) is 0 Å². The Morgan fingerprint density at radius 3 is 2.58 bits per heavy atom. The Morgan fingerprint density at radius 1 is 1.32 bits per heavy atom. The van der Waals surface area contributed by atoms with E-state index in [0.29, 0.717) is 12.3 Å². The van der Waals surface area contributed by atoms with Crippen molar-refractivity contribution in [2.24, 2.45) is 0 Å². The van der Waals surface area contributed by atoms with Gasteiger partial charge in [-0.25, -0.2) is 13.1 Å². The minimum absolute atomic E-state index is 0.279. The molecule has 0 unspecified atom stereocenters. The van der Waals surface area contributed by atoms with Crippen LogP contribution in [0, 0.1) is 12.3 Å². The summed E-state index contributed by atoms with van der Waals surface area (Å²) < 4.78 is 25.9. The highest BCUT2D eigenvalue weighted by Crippen LogP contribution is 2.13. The fourth-order valence-electron chi connectivity index (χ4n) is 1.42. The van der Waals surface area contributed by atoms with Gasteiger partial charge < -0.3 is 5.32 Å². The Balaban J connectivity index is 2.51. The summed E-state index contributed by atoms with van der Waals surface area (Å²) in [7, 11) is -3.36. The fraction of sp³-hybridized carbons (Fsp3) is 0.385. The zero-order valence-corrected chi connectivity index (χ0v) is 12.5. The summed E-state index contributed by atoms with van der Waals surface area (Å²) in [6.45, 7) is 2.93. The summed E-state index contributed by atoms with van der Waals surface area (Å²) in [5.41, 5.74) is 0.900. The molecule has 0 amide bonds. The molecule has 0 bridgehead atoms. The second-order valence-electron chi connectivity index (χ2n) is 3.71. The lowest BCUT2D eigenvalue weighted by molar-refractivity contribution is 0.584. The predicted molar refractivity (Wildman–Crippen MR) is 82.0 cm³/mol. The van der Waals surface area contributed by atoms with E-state index in [0.717, 1.165) is 18.0 Å². The molecule has 0 aliphatic carbocycles. The van der Waals surface area contributed by atoms with Crippen molar-refractivity contribution in [3.05, 3.63) is 24.3 Å². The third kappa shape index (κ3) is 5.55. The molecule has 0 atom stereocenters. The first kappa shape index (κ1) is 15.9.